The first-order valence-corrected chi connectivity index (χ1v) is 16.3. The van der Waals surface area contributed by atoms with Gasteiger partial charge in [0.25, 0.3) is 5.91 Å². The topological polar surface area (TPSA) is 168 Å². The minimum absolute atomic E-state index is 0.0875. The lowest BCUT2D eigenvalue weighted by Crippen LogP contribution is -2.57. The summed E-state index contributed by atoms with van der Waals surface area (Å²) in [5.74, 6) is -0.685. The Morgan fingerprint density at radius 3 is 2.41 bits per heavy atom. The molecule has 0 bridgehead atoms. The van der Waals surface area contributed by atoms with Gasteiger partial charge in [-0.2, -0.15) is 0 Å². The molecule has 14 heteroatoms. The molecule has 1 aliphatic carbocycles. The molecule has 0 radical (unpaired) electrons. The van der Waals surface area contributed by atoms with Crippen molar-refractivity contribution in [1.29, 1.82) is 0 Å². The van der Waals surface area contributed by atoms with E-state index < -0.39 is 41.4 Å². The maximum Gasteiger partial charge on any atom is 0.274 e. The standard InChI is InChI=1S/C30H42N6O7S/c1-18(2)10-22(26(37)30(3)16-42-30)32-28(39)24(12-20-15-44-17-31-20)34-27(38)23(11-19-4-5-19)33-29(40)25-13-21(43-35-25)14-36-6-8-41-9-7-36/h13,15,17-19,22-24H,4-12,14,16H2,1-3H3,(H,32,39)(H,33,40)(H,34,38)/t22-,23-,24-,30+/m0/s1. The van der Waals surface area contributed by atoms with Crippen LogP contribution >= 0.6 is 11.3 Å². The lowest BCUT2D eigenvalue weighted by atomic mass is 9.93. The van der Waals surface area contributed by atoms with Gasteiger partial charge in [-0.1, -0.05) is 31.8 Å². The van der Waals surface area contributed by atoms with E-state index in [2.05, 4.69) is 31.0 Å². The summed E-state index contributed by atoms with van der Waals surface area (Å²) in [7, 11) is 0. The molecule has 2 saturated heterocycles. The van der Waals surface area contributed by atoms with Gasteiger partial charge in [0, 0.05) is 31.0 Å². The Morgan fingerprint density at radius 2 is 1.77 bits per heavy atom. The van der Waals surface area contributed by atoms with Gasteiger partial charge in [-0.3, -0.25) is 24.1 Å². The van der Waals surface area contributed by atoms with Crippen molar-refractivity contribution in [1.82, 2.24) is 31.0 Å². The van der Waals surface area contributed by atoms with Crippen molar-refractivity contribution in [3.05, 3.63) is 34.1 Å². The van der Waals surface area contributed by atoms with Crippen LogP contribution in [0.3, 0.4) is 0 Å². The maximum atomic E-state index is 13.7. The van der Waals surface area contributed by atoms with Crippen LogP contribution in [0.2, 0.25) is 0 Å². The summed E-state index contributed by atoms with van der Waals surface area (Å²) in [6.45, 7) is 9.31. The molecule has 0 aromatic carbocycles. The molecule has 4 heterocycles. The second-order valence-corrected chi connectivity index (χ2v) is 13.3. The van der Waals surface area contributed by atoms with Crippen molar-refractivity contribution in [3.63, 3.8) is 0 Å². The molecule has 0 spiro atoms. The van der Waals surface area contributed by atoms with Gasteiger partial charge >= 0.3 is 0 Å². The first kappa shape index (κ1) is 32.2. The molecule has 2 aromatic heterocycles. The number of ketones is 1. The third-order valence-electron chi connectivity index (χ3n) is 8.13. The van der Waals surface area contributed by atoms with Crippen molar-refractivity contribution in [2.75, 3.05) is 32.9 Å². The number of Topliss-reactive ketones (excluding diaryl/α,β-unsaturated/α-hetero) is 1. The Hall–Kier alpha value is -3.20. The van der Waals surface area contributed by atoms with E-state index in [4.69, 9.17) is 14.0 Å². The van der Waals surface area contributed by atoms with E-state index in [9.17, 15) is 19.2 Å². The minimum Gasteiger partial charge on any atom is -0.379 e. The van der Waals surface area contributed by atoms with Gasteiger partial charge in [0.1, 0.15) is 17.7 Å². The number of hydrogen-bond donors (Lipinski definition) is 3. The molecule has 1 saturated carbocycles. The number of epoxide rings is 1. The predicted octanol–water partition coefficient (Wildman–Crippen LogP) is 1.48. The van der Waals surface area contributed by atoms with Crippen LogP contribution < -0.4 is 16.0 Å². The first-order valence-electron chi connectivity index (χ1n) is 15.3. The van der Waals surface area contributed by atoms with E-state index >= 15 is 0 Å². The normalized spacial score (nSPS) is 22.2. The molecule has 3 amide bonds. The highest BCUT2D eigenvalue weighted by atomic mass is 32.1. The molecule has 2 aromatic rings. The van der Waals surface area contributed by atoms with Crippen molar-refractivity contribution in [2.45, 2.75) is 83.1 Å². The van der Waals surface area contributed by atoms with E-state index in [0.29, 0.717) is 56.6 Å². The molecule has 13 nitrogen and oxygen atoms in total. The highest BCUT2D eigenvalue weighted by molar-refractivity contribution is 7.07. The summed E-state index contributed by atoms with van der Waals surface area (Å²) in [5.41, 5.74) is 1.48. The fourth-order valence-electron chi connectivity index (χ4n) is 5.25. The van der Waals surface area contributed by atoms with Crippen molar-refractivity contribution >= 4 is 34.8 Å². The Kier molecular flexibility index (Phi) is 10.4. The Balaban J connectivity index is 1.26. The zero-order valence-corrected chi connectivity index (χ0v) is 26.3. The van der Waals surface area contributed by atoms with Crippen molar-refractivity contribution in [3.8, 4) is 0 Å². The third-order valence-corrected chi connectivity index (χ3v) is 8.77. The summed E-state index contributed by atoms with van der Waals surface area (Å²) < 4.78 is 16.1. The number of morpholine rings is 1. The second kappa shape index (κ2) is 14.3. The number of ether oxygens (including phenoxy) is 2. The number of nitrogens with one attached hydrogen (secondary N) is 3. The summed E-state index contributed by atoms with van der Waals surface area (Å²) in [6, 6.07) is -1.06. The smallest absolute Gasteiger partial charge is 0.274 e. The van der Waals surface area contributed by atoms with E-state index in [1.54, 1.807) is 18.5 Å². The molecular weight excluding hydrogens is 588 g/mol. The van der Waals surface area contributed by atoms with Gasteiger partial charge in [-0.15, -0.1) is 11.3 Å². The first-order chi connectivity index (χ1) is 21.1. The monoisotopic (exact) mass is 630 g/mol. The van der Waals surface area contributed by atoms with E-state index in [1.807, 2.05) is 19.2 Å². The van der Waals surface area contributed by atoms with Crippen LogP contribution in [0.5, 0.6) is 0 Å². The third kappa shape index (κ3) is 8.93. The van der Waals surface area contributed by atoms with Crippen LogP contribution in [0.15, 0.2) is 21.5 Å². The highest BCUT2D eigenvalue weighted by Gasteiger charge is 2.50. The molecule has 3 fully saturated rings. The van der Waals surface area contributed by atoms with Crippen LogP contribution in [0.1, 0.15) is 68.4 Å². The van der Waals surface area contributed by atoms with Gasteiger partial charge in [0.15, 0.2) is 17.2 Å². The summed E-state index contributed by atoms with van der Waals surface area (Å²) in [6.07, 6.45) is 2.94. The summed E-state index contributed by atoms with van der Waals surface area (Å²) in [4.78, 5) is 60.1. The Morgan fingerprint density at radius 1 is 1.07 bits per heavy atom. The van der Waals surface area contributed by atoms with Crippen LogP contribution in [-0.2, 0) is 36.8 Å². The number of amides is 3. The van der Waals surface area contributed by atoms with Crippen molar-refractivity contribution < 1.29 is 33.2 Å². The lowest BCUT2D eigenvalue weighted by Gasteiger charge is -2.26. The molecule has 3 aliphatic rings. The van der Waals surface area contributed by atoms with E-state index in [-0.39, 0.29) is 23.8 Å². The Labute approximate surface area is 260 Å². The van der Waals surface area contributed by atoms with Crippen LogP contribution in [0.4, 0.5) is 0 Å². The number of carbonyl (C=O) groups is 4. The van der Waals surface area contributed by atoms with Crippen LogP contribution in [0, 0.1) is 11.8 Å². The molecule has 0 unspecified atom stereocenters. The number of rotatable bonds is 16. The van der Waals surface area contributed by atoms with Gasteiger partial charge in [-0.05, 0) is 31.6 Å². The second-order valence-electron chi connectivity index (χ2n) is 12.6. The lowest BCUT2D eigenvalue weighted by molar-refractivity contribution is -0.133. The molecule has 4 atom stereocenters. The Bertz CT molecular complexity index is 1300. The molecule has 44 heavy (non-hydrogen) atoms. The van der Waals surface area contributed by atoms with Crippen molar-refractivity contribution in [2.24, 2.45) is 11.8 Å². The quantitative estimate of drug-likeness (QED) is 0.231. The van der Waals surface area contributed by atoms with E-state index in [1.165, 1.54) is 11.3 Å². The minimum atomic E-state index is -1.01. The zero-order chi connectivity index (χ0) is 31.3. The van der Waals surface area contributed by atoms with Crippen LogP contribution in [-0.4, -0.2) is 95.2 Å². The SMILES string of the molecule is CC(C)C[C@H](NC(=O)[C@H](Cc1cscn1)NC(=O)[C@H](CC1CC1)NC(=O)c1cc(CN2CCOCC2)on1)C(=O)[C@@]1(C)CO1. The fourth-order valence-corrected chi connectivity index (χ4v) is 5.82. The number of nitrogens with zero attached hydrogens (tertiary/aromatic N) is 3. The average Bonchev–Trinajstić information content (AvgIpc) is 3.84. The molecular formula is C30H42N6O7S. The fraction of sp³-hybridized carbons (Fsp3) is 0.667. The predicted molar refractivity (Wildman–Crippen MR) is 160 cm³/mol. The number of carbonyl (C=O) groups excluding carboxylic acids is 4. The molecule has 2 aliphatic heterocycles. The molecule has 5 rings (SSSR count). The highest BCUT2D eigenvalue weighted by Crippen LogP contribution is 2.34. The number of hydrogen-bond acceptors (Lipinski definition) is 11. The molecule has 3 N–H and O–H groups in total. The van der Waals surface area contributed by atoms with Gasteiger partial charge < -0.3 is 29.9 Å². The van der Waals surface area contributed by atoms with E-state index in [0.717, 1.165) is 25.9 Å². The maximum absolute atomic E-state index is 13.7. The largest absolute Gasteiger partial charge is 0.379 e. The van der Waals surface area contributed by atoms with Gasteiger partial charge in [0.2, 0.25) is 11.8 Å². The summed E-state index contributed by atoms with van der Waals surface area (Å²) >= 11 is 1.38. The number of thiazole rings is 1. The van der Waals surface area contributed by atoms with Crippen LogP contribution in [0.25, 0.3) is 0 Å². The number of aromatic nitrogens is 2. The summed E-state index contributed by atoms with van der Waals surface area (Å²) in [5, 5.41) is 14.3. The average molecular weight is 631 g/mol. The molecule has 240 valence electrons. The van der Waals surface area contributed by atoms with Gasteiger partial charge in [0.05, 0.1) is 43.6 Å². The zero-order valence-electron chi connectivity index (χ0n) is 25.5. The van der Waals surface area contributed by atoms with Gasteiger partial charge in [-0.25, -0.2) is 4.98 Å².